The van der Waals surface area contributed by atoms with Gasteiger partial charge in [-0.2, -0.15) is 0 Å². The summed E-state index contributed by atoms with van der Waals surface area (Å²) >= 11 is 6.00. The van der Waals surface area contributed by atoms with Gasteiger partial charge in [-0.25, -0.2) is 4.79 Å². The molecule has 0 fully saturated rings. The van der Waals surface area contributed by atoms with Crippen LogP contribution in [-0.4, -0.2) is 24.8 Å². The molecule has 0 saturated heterocycles. The van der Waals surface area contributed by atoms with Crippen molar-refractivity contribution in [3.63, 3.8) is 0 Å². The predicted molar refractivity (Wildman–Crippen MR) is 70.0 cm³/mol. The van der Waals surface area contributed by atoms with E-state index < -0.39 is 5.97 Å². The van der Waals surface area contributed by atoms with E-state index in [-0.39, 0.29) is 10.6 Å². The van der Waals surface area contributed by atoms with E-state index in [1.54, 1.807) is 0 Å². The van der Waals surface area contributed by atoms with Crippen LogP contribution in [0.15, 0.2) is 12.1 Å². The summed E-state index contributed by atoms with van der Waals surface area (Å²) in [5, 5.41) is 9.16. The van der Waals surface area contributed by atoms with Crippen LogP contribution in [0.1, 0.15) is 36.5 Å². The summed E-state index contributed by atoms with van der Waals surface area (Å²) in [6.07, 6.45) is 3.11. The monoisotopic (exact) mass is 272 g/mol. The number of rotatable bonds is 7. The molecule has 0 amide bonds. The second-order valence-electron chi connectivity index (χ2n) is 3.85. The number of benzene rings is 1. The third kappa shape index (κ3) is 3.81. The Bertz CT molecular complexity index is 418. The highest BCUT2D eigenvalue weighted by atomic mass is 35.5. The first-order chi connectivity index (χ1) is 8.60. The Morgan fingerprint density at radius 1 is 1.39 bits per heavy atom. The number of carboxylic acid groups (broad SMARTS) is 1. The van der Waals surface area contributed by atoms with Gasteiger partial charge in [0.25, 0.3) is 0 Å². The third-order valence-electron chi connectivity index (χ3n) is 2.47. The lowest BCUT2D eigenvalue weighted by molar-refractivity contribution is 0.0696. The summed E-state index contributed by atoms with van der Waals surface area (Å²) in [5.41, 5.74) is 0.0813. The normalized spacial score (nSPS) is 10.2. The Hall–Kier alpha value is -1.42. The minimum atomic E-state index is -1.05. The van der Waals surface area contributed by atoms with Crippen molar-refractivity contribution in [2.45, 2.75) is 26.2 Å². The fourth-order valence-corrected chi connectivity index (χ4v) is 1.77. The van der Waals surface area contributed by atoms with Crippen molar-refractivity contribution < 1.29 is 19.4 Å². The van der Waals surface area contributed by atoms with E-state index in [1.807, 2.05) is 0 Å². The second-order valence-corrected chi connectivity index (χ2v) is 4.26. The van der Waals surface area contributed by atoms with E-state index in [0.717, 1.165) is 19.3 Å². The molecule has 0 aliphatic heterocycles. The van der Waals surface area contributed by atoms with Gasteiger partial charge in [-0.1, -0.05) is 31.4 Å². The number of hydrogen-bond donors (Lipinski definition) is 1. The van der Waals surface area contributed by atoms with Crippen LogP contribution >= 0.6 is 11.6 Å². The maximum absolute atomic E-state index is 10.9. The number of halogens is 1. The maximum atomic E-state index is 10.9. The van der Waals surface area contributed by atoms with Crippen LogP contribution in [0.5, 0.6) is 11.5 Å². The molecule has 0 bridgehead atoms. The molecule has 1 N–H and O–H groups in total. The van der Waals surface area contributed by atoms with Crippen molar-refractivity contribution in [3.8, 4) is 11.5 Å². The van der Waals surface area contributed by atoms with E-state index in [0.29, 0.717) is 18.1 Å². The van der Waals surface area contributed by atoms with Gasteiger partial charge in [0.05, 0.1) is 24.3 Å². The molecule has 0 unspecified atom stereocenters. The largest absolute Gasteiger partial charge is 0.493 e. The van der Waals surface area contributed by atoms with E-state index in [2.05, 4.69) is 6.92 Å². The highest BCUT2D eigenvalue weighted by Crippen LogP contribution is 2.36. The fraction of sp³-hybridized carbons (Fsp3) is 0.462. The molecule has 1 aromatic carbocycles. The average molecular weight is 273 g/mol. The van der Waals surface area contributed by atoms with Gasteiger partial charge in [-0.05, 0) is 18.6 Å². The zero-order valence-electron chi connectivity index (χ0n) is 10.5. The minimum absolute atomic E-state index is 0.0813. The van der Waals surface area contributed by atoms with Crippen LogP contribution in [0, 0.1) is 0 Å². The van der Waals surface area contributed by atoms with Crippen molar-refractivity contribution in [2.75, 3.05) is 13.7 Å². The van der Waals surface area contributed by atoms with Gasteiger partial charge >= 0.3 is 5.97 Å². The molecule has 0 saturated carbocycles. The van der Waals surface area contributed by atoms with Crippen LogP contribution in [0.2, 0.25) is 5.02 Å². The van der Waals surface area contributed by atoms with E-state index >= 15 is 0 Å². The number of carboxylic acids is 1. The Kier molecular flexibility index (Phi) is 5.78. The molecule has 4 nitrogen and oxygen atoms in total. The van der Waals surface area contributed by atoms with E-state index in [9.17, 15) is 4.79 Å². The van der Waals surface area contributed by atoms with Crippen LogP contribution in [-0.2, 0) is 0 Å². The van der Waals surface area contributed by atoms with Gasteiger partial charge in [0.1, 0.15) is 0 Å². The van der Waals surface area contributed by atoms with Crippen molar-refractivity contribution in [2.24, 2.45) is 0 Å². The van der Waals surface area contributed by atoms with Gasteiger partial charge in [-0.3, -0.25) is 0 Å². The first kappa shape index (κ1) is 14.6. The lowest BCUT2D eigenvalue weighted by Gasteiger charge is -2.13. The molecule has 0 heterocycles. The smallest absolute Gasteiger partial charge is 0.335 e. The summed E-state index contributed by atoms with van der Waals surface area (Å²) in [6.45, 7) is 2.64. The molecule has 0 aliphatic carbocycles. The zero-order chi connectivity index (χ0) is 13.5. The number of aromatic carboxylic acids is 1. The number of hydrogen-bond acceptors (Lipinski definition) is 3. The number of methoxy groups -OCH3 is 1. The molecule has 0 aliphatic rings. The van der Waals surface area contributed by atoms with Crippen molar-refractivity contribution >= 4 is 17.6 Å². The highest BCUT2D eigenvalue weighted by molar-refractivity contribution is 6.32. The lowest BCUT2D eigenvalue weighted by atomic mass is 10.2. The maximum Gasteiger partial charge on any atom is 0.335 e. The van der Waals surface area contributed by atoms with Gasteiger partial charge in [-0.15, -0.1) is 0 Å². The summed E-state index contributed by atoms with van der Waals surface area (Å²) in [6, 6.07) is 2.77. The summed E-state index contributed by atoms with van der Waals surface area (Å²) in [7, 11) is 1.45. The highest BCUT2D eigenvalue weighted by Gasteiger charge is 2.15. The van der Waals surface area contributed by atoms with E-state index in [4.69, 9.17) is 26.2 Å². The van der Waals surface area contributed by atoms with Crippen LogP contribution in [0.3, 0.4) is 0 Å². The summed E-state index contributed by atoms with van der Waals surface area (Å²) in [5.74, 6) is -0.301. The molecule has 100 valence electrons. The Morgan fingerprint density at radius 2 is 2.11 bits per heavy atom. The van der Waals surface area contributed by atoms with Gasteiger partial charge in [0.2, 0.25) is 0 Å². The van der Waals surface area contributed by atoms with Crippen molar-refractivity contribution in [1.82, 2.24) is 0 Å². The Balaban J connectivity index is 2.86. The van der Waals surface area contributed by atoms with Gasteiger partial charge in [0.15, 0.2) is 11.5 Å². The van der Waals surface area contributed by atoms with Crippen molar-refractivity contribution in [1.29, 1.82) is 0 Å². The van der Waals surface area contributed by atoms with E-state index in [1.165, 1.54) is 19.2 Å². The Labute approximate surface area is 111 Å². The Morgan fingerprint density at radius 3 is 2.67 bits per heavy atom. The number of ether oxygens (including phenoxy) is 2. The number of carbonyl (C=O) groups is 1. The molecule has 0 radical (unpaired) electrons. The first-order valence-corrected chi connectivity index (χ1v) is 6.21. The molecule has 0 atom stereocenters. The quantitative estimate of drug-likeness (QED) is 0.770. The molecule has 0 aromatic heterocycles. The summed E-state index contributed by atoms with van der Waals surface area (Å²) in [4.78, 5) is 10.9. The zero-order valence-corrected chi connectivity index (χ0v) is 11.3. The predicted octanol–water partition coefficient (Wildman–Crippen LogP) is 3.62. The molecule has 0 spiro atoms. The second kappa shape index (κ2) is 7.11. The first-order valence-electron chi connectivity index (χ1n) is 5.83. The van der Waals surface area contributed by atoms with Crippen LogP contribution in [0.4, 0.5) is 0 Å². The molecular formula is C13H17ClO4. The topological polar surface area (TPSA) is 55.8 Å². The minimum Gasteiger partial charge on any atom is -0.493 e. The van der Waals surface area contributed by atoms with Gasteiger partial charge < -0.3 is 14.6 Å². The van der Waals surface area contributed by atoms with Crippen LogP contribution in [0.25, 0.3) is 0 Å². The lowest BCUT2D eigenvalue weighted by Crippen LogP contribution is -2.03. The molecule has 18 heavy (non-hydrogen) atoms. The van der Waals surface area contributed by atoms with Crippen molar-refractivity contribution in [3.05, 3.63) is 22.7 Å². The standard InChI is InChI=1S/C13H17ClO4/c1-3-4-5-6-18-12-10(14)7-9(13(15)16)8-11(12)17-2/h7-8H,3-6H2,1-2H3,(H,15,16). The average Bonchev–Trinajstić information content (AvgIpc) is 2.35. The van der Waals surface area contributed by atoms with Gasteiger partial charge in [0, 0.05) is 0 Å². The van der Waals surface area contributed by atoms with Crippen LogP contribution < -0.4 is 9.47 Å². The third-order valence-corrected chi connectivity index (χ3v) is 2.75. The molecule has 1 aromatic rings. The SMILES string of the molecule is CCCCCOc1c(Cl)cc(C(=O)O)cc1OC. The molecule has 5 heteroatoms. The molecule has 1 rings (SSSR count). The molecular weight excluding hydrogens is 256 g/mol. The fourth-order valence-electron chi connectivity index (χ4n) is 1.51. The number of unbranched alkanes of at least 4 members (excludes halogenated alkanes) is 2. The summed E-state index contributed by atoms with van der Waals surface area (Å²) < 4.78 is 10.6.